The minimum Gasteiger partial charge on any atom is -0.375 e. The summed E-state index contributed by atoms with van der Waals surface area (Å²) in [5, 5.41) is 14.7. The predicted octanol–water partition coefficient (Wildman–Crippen LogP) is 3.39. The third kappa shape index (κ3) is 4.47. The Balaban J connectivity index is 2.77. The number of ether oxygens (including phenoxy) is 1. The van der Waals surface area contributed by atoms with Gasteiger partial charge in [-0.15, -0.1) is 0 Å². The lowest BCUT2D eigenvalue weighted by Gasteiger charge is -2.15. The minimum atomic E-state index is -4.70. The zero-order valence-electron chi connectivity index (χ0n) is 14.2. The molecular weight excluding hydrogens is 444 g/mol. The van der Waals surface area contributed by atoms with Gasteiger partial charge in [0.2, 0.25) is 0 Å². The Labute approximate surface area is 169 Å². The molecule has 150 valence electrons. The van der Waals surface area contributed by atoms with Crippen LogP contribution in [0.15, 0.2) is 17.0 Å². The van der Waals surface area contributed by atoms with Crippen molar-refractivity contribution in [1.82, 2.24) is 9.78 Å². The number of amides is 1. The maximum atomic E-state index is 13.0. The number of anilines is 1. The summed E-state index contributed by atoms with van der Waals surface area (Å²) in [6.45, 7) is -0.378. The Bertz CT molecular complexity index is 979. The second kappa shape index (κ2) is 8.48. The van der Waals surface area contributed by atoms with Gasteiger partial charge in [-0.1, -0.05) is 23.2 Å². The molecule has 13 heteroatoms. The lowest BCUT2D eigenvalue weighted by molar-refractivity contribution is -0.137. The summed E-state index contributed by atoms with van der Waals surface area (Å²) in [6.07, 6.45) is -3.45. The molecule has 0 aliphatic rings. The summed E-state index contributed by atoms with van der Waals surface area (Å²) in [5.74, 6) is -0.901. The monoisotopic (exact) mass is 454 g/mol. The molecule has 0 aliphatic heterocycles. The van der Waals surface area contributed by atoms with Gasteiger partial charge in [0.1, 0.15) is 23.3 Å². The van der Waals surface area contributed by atoms with E-state index >= 15 is 0 Å². The lowest BCUT2D eigenvalue weighted by Crippen LogP contribution is -2.20. The first-order valence-electron chi connectivity index (χ1n) is 7.23. The van der Waals surface area contributed by atoms with Crippen molar-refractivity contribution in [3.8, 4) is 11.8 Å². The molecule has 2 rings (SSSR count). The van der Waals surface area contributed by atoms with Crippen LogP contribution in [0, 0.1) is 11.3 Å². The number of methoxy groups -OCH3 is 1. The van der Waals surface area contributed by atoms with E-state index in [1.54, 1.807) is 6.07 Å². The molecule has 0 bridgehead atoms. The second-order valence-electron chi connectivity index (χ2n) is 5.27. The highest BCUT2D eigenvalue weighted by Gasteiger charge is 2.33. The highest BCUT2D eigenvalue weighted by atomic mass is 35.5. The van der Waals surface area contributed by atoms with Crippen LogP contribution in [0.4, 0.5) is 19.0 Å². The molecule has 1 unspecified atom stereocenters. The van der Waals surface area contributed by atoms with Gasteiger partial charge >= 0.3 is 6.18 Å². The standard InChI is InChI=1S/C15H11Cl2F3N4O3S/c1-27-6-11(25)22-14-13(28(2)26)10(5-21)23-24(14)12-8(16)3-7(4-9(12)17)15(18,19)20/h3-4H,6H2,1-2H3,(H,22,25). The molecule has 0 saturated carbocycles. The molecule has 0 saturated heterocycles. The number of aromatic nitrogens is 2. The Hall–Kier alpha value is -2.13. The fraction of sp³-hybridized carbons (Fsp3) is 0.267. The third-order valence-electron chi connectivity index (χ3n) is 3.32. The number of rotatable bonds is 5. The van der Waals surface area contributed by atoms with Crippen molar-refractivity contribution in [1.29, 1.82) is 5.26 Å². The van der Waals surface area contributed by atoms with Crippen LogP contribution in [0.3, 0.4) is 0 Å². The number of benzene rings is 1. The van der Waals surface area contributed by atoms with Crippen molar-refractivity contribution in [2.24, 2.45) is 0 Å². The van der Waals surface area contributed by atoms with Crippen molar-refractivity contribution in [2.45, 2.75) is 11.1 Å². The molecule has 7 nitrogen and oxygen atoms in total. The summed E-state index contributed by atoms with van der Waals surface area (Å²) < 4.78 is 56.5. The molecule has 0 radical (unpaired) electrons. The van der Waals surface area contributed by atoms with Crippen molar-refractivity contribution in [3.05, 3.63) is 33.4 Å². The summed E-state index contributed by atoms with van der Waals surface area (Å²) in [6, 6.07) is 2.96. The Morgan fingerprint density at radius 3 is 2.39 bits per heavy atom. The minimum absolute atomic E-state index is 0.140. The molecule has 1 N–H and O–H groups in total. The van der Waals surface area contributed by atoms with E-state index in [0.29, 0.717) is 12.1 Å². The maximum Gasteiger partial charge on any atom is 0.416 e. The van der Waals surface area contributed by atoms with E-state index in [2.05, 4.69) is 10.4 Å². The molecule has 1 atom stereocenters. The molecule has 1 aromatic heterocycles. The van der Waals surface area contributed by atoms with Gasteiger partial charge in [0.05, 0.1) is 26.4 Å². The first-order chi connectivity index (χ1) is 13.0. The fourth-order valence-electron chi connectivity index (χ4n) is 2.25. The van der Waals surface area contributed by atoms with Crippen LogP contribution in [0.25, 0.3) is 5.69 Å². The summed E-state index contributed by atoms with van der Waals surface area (Å²) in [7, 11) is -0.521. The van der Waals surface area contributed by atoms with Crippen molar-refractivity contribution >= 4 is 45.7 Å². The zero-order valence-corrected chi connectivity index (χ0v) is 16.6. The third-order valence-corrected chi connectivity index (χ3v) is 4.86. The largest absolute Gasteiger partial charge is 0.416 e. The first-order valence-corrected chi connectivity index (χ1v) is 9.54. The van der Waals surface area contributed by atoms with Crippen LogP contribution in [0.1, 0.15) is 11.3 Å². The van der Waals surface area contributed by atoms with Gasteiger partial charge in [0.25, 0.3) is 5.91 Å². The van der Waals surface area contributed by atoms with Crippen LogP contribution in [0.5, 0.6) is 0 Å². The van der Waals surface area contributed by atoms with E-state index in [4.69, 9.17) is 27.9 Å². The van der Waals surface area contributed by atoms with Crippen molar-refractivity contribution in [2.75, 3.05) is 25.3 Å². The van der Waals surface area contributed by atoms with Gasteiger partial charge in [0, 0.05) is 13.4 Å². The number of nitrogens with one attached hydrogen (secondary N) is 1. The number of halogens is 5. The first kappa shape index (κ1) is 22.2. The van der Waals surface area contributed by atoms with E-state index < -0.39 is 38.5 Å². The smallest absolute Gasteiger partial charge is 0.375 e. The number of hydrogen-bond donors (Lipinski definition) is 1. The van der Waals surface area contributed by atoms with E-state index in [0.717, 1.165) is 4.68 Å². The zero-order chi connectivity index (χ0) is 21.2. The molecular formula is C15H11Cl2F3N4O3S. The number of nitrogens with zero attached hydrogens (tertiary/aromatic N) is 3. The van der Waals surface area contributed by atoms with E-state index in [-0.39, 0.29) is 28.7 Å². The Morgan fingerprint density at radius 1 is 1.39 bits per heavy atom. The van der Waals surface area contributed by atoms with Crippen molar-refractivity contribution in [3.63, 3.8) is 0 Å². The van der Waals surface area contributed by atoms with Crippen LogP contribution in [-0.2, 0) is 26.5 Å². The van der Waals surface area contributed by atoms with Gasteiger partial charge < -0.3 is 10.1 Å². The quantitative estimate of drug-likeness (QED) is 0.746. The van der Waals surface area contributed by atoms with E-state index in [1.165, 1.54) is 13.4 Å². The number of hydrogen-bond acceptors (Lipinski definition) is 5. The summed E-state index contributed by atoms with van der Waals surface area (Å²) in [5.41, 5.74) is -1.64. The molecule has 0 aliphatic carbocycles. The summed E-state index contributed by atoms with van der Waals surface area (Å²) in [4.78, 5) is 11.8. The van der Waals surface area contributed by atoms with Crippen LogP contribution >= 0.6 is 23.2 Å². The topological polar surface area (TPSA) is 97.0 Å². The van der Waals surface area contributed by atoms with Crippen LogP contribution < -0.4 is 5.32 Å². The molecule has 0 spiro atoms. The van der Waals surface area contributed by atoms with Gasteiger partial charge in [0.15, 0.2) is 11.5 Å². The fourth-order valence-corrected chi connectivity index (χ4v) is 3.67. The Morgan fingerprint density at radius 2 is 1.96 bits per heavy atom. The highest BCUT2D eigenvalue weighted by molar-refractivity contribution is 7.84. The van der Waals surface area contributed by atoms with Crippen LogP contribution in [-0.4, -0.2) is 39.9 Å². The van der Waals surface area contributed by atoms with Crippen LogP contribution in [0.2, 0.25) is 10.0 Å². The molecule has 2 aromatic rings. The van der Waals surface area contributed by atoms with Gasteiger partial charge in [-0.3, -0.25) is 9.00 Å². The molecule has 1 heterocycles. The lowest BCUT2D eigenvalue weighted by atomic mass is 10.2. The Kier molecular flexibility index (Phi) is 6.71. The number of alkyl halides is 3. The van der Waals surface area contributed by atoms with Gasteiger partial charge in [-0.2, -0.15) is 23.5 Å². The molecule has 28 heavy (non-hydrogen) atoms. The van der Waals surface area contributed by atoms with Gasteiger partial charge in [-0.05, 0) is 12.1 Å². The SMILES string of the molecule is COCC(=O)Nc1c(S(C)=O)c(C#N)nn1-c1c(Cl)cc(C(F)(F)F)cc1Cl. The summed E-state index contributed by atoms with van der Waals surface area (Å²) >= 11 is 12.0. The number of nitriles is 1. The molecule has 0 fully saturated rings. The van der Waals surface area contributed by atoms with E-state index in [9.17, 15) is 27.4 Å². The normalized spacial score (nSPS) is 12.5. The van der Waals surface area contributed by atoms with Crippen molar-refractivity contribution < 1.29 is 26.9 Å². The average Bonchev–Trinajstić information content (AvgIpc) is 2.92. The predicted molar refractivity (Wildman–Crippen MR) is 96.1 cm³/mol. The highest BCUT2D eigenvalue weighted by Crippen LogP contribution is 2.39. The average molecular weight is 455 g/mol. The second-order valence-corrected chi connectivity index (χ2v) is 7.40. The van der Waals surface area contributed by atoms with Gasteiger partial charge in [-0.25, -0.2) is 4.68 Å². The molecule has 1 amide bonds. The van der Waals surface area contributed by atoms with E-state index in [1.807, 2.05) is 0 Å². The number of carbonyl (C=O) groups is 1. The molecule has 1 aromatic carbocycles. The number of carbonyl (C=O) groups excluding carboxylic acids is 1. The maximum absolute atomic E-state index is 13.0.